The number of hydrogen-bond acceptors (Lipinski definition) is 6. The number of thioether (sulfide) groups is 1. The van der Waals surface area contributed by atoms with Gasteiger partial charge in [-0.2, -0.15) is 5.26 Å². The number of aliphatic imine (C=N–C) groups is 1. The third kappa shape index (κ3) is 4.29. The van der Waals surface area contributed by atoms with E-state index in [0.717, 1.165) is 21.8 Å². The molecule has 1 aromatic heterocycles. The number of nitrogens with zero attached hydrogens (tertiary/aromatic N) is 3. The van der Waals surface area contributed by atoms with Crippen molar-refractivity contribution in [1.82, 2.24) is 4.90 Å². The molecular weight excluding hydrogens is 436 g/mol. The maximum Gasteiger partial charge on any atom is 0.234 e. The van der Waals surface area contributed by atoms with Crippen LogP contribution >= 0.6 is 23.1 Å². The molecule has 0 fully saturated rings. The molecule has 2 aromatic carbocycles. The van der Waals surface area contributed by atoms with E-state index >= 15 is 0 Å². The Bertz CT molecular complexity index is 1200. The number of carbonyl (C=O) groups excluding carboxylic acids is 1. The highest BCUT2D eigenvalue weighted by atomic mass is 32.2. The normalized spacial score (nSPS) is 20.7. The maximum atomic E-state index is 13.3. The van der Waals surface area contributed by atoms with Crippen LogP contribution in [0, 0.1) is 17.2 Å². The quantitative estimate of drug-likeness (QED) is 0.520. The molecular formula is C25H24N4OS2. The van der Waals surface area contributed by atoms with Gasteiger partial charge in [0.25, 0.3) is 0 Å². The number of nitriles is 1. The number of benzene rings is 2. The average Bonchev–Trinajstić information content (AvgIpc) is 3.32. The van der Waals surface area contributed by atoms with Crippen LogP contribution in [0.25, 0.3) is 11.1 Å². The highest BCUT2D eigenvalue weighted by Gasteiger charge is 2.46. The number of guanidine groups is 1. The topological polar surface area (TPSA) is 82.5 Å². The third-order valence-corrected chi connectivity index (χ3v) is 8.04. The Morgan fingerprint density at radius 2 is 1.97 bits per heavy atom. The molecule has 7 heteroatoms. The SMILES string of the molecule is CN1C(=O)C(CCSc2ccccc2)[C@@](C)(c2cc(-c3cccc(C#N)c3)cs2)N=C1N. The van der Waals surface area contributed by atoms with E-state index < -0.39 is 5.54 Å². The number of nitrogens with two attached hydrogens (primary N) is 1. The van der Waals surface area contributed by atoms with Crippen LogP contribution in [-0.4, -0.2) is 29.6 Å². The van der Waals surface area contributed by atoms with Crippen LogP contribution in [0.2, 0.25) is 0 Å². The lowest BCUT2D eigenvalue weighted by Crippen LogP contribution is -2.53. The highest BCUT2D eigenvalue weighted by molar-refractivity contribution is 7.99. The van der Waals surface area contributed by atoms with Gasteiger partial charge in [0.2, 0.25) is 5.91 Å². The van der Waals surface area contributed by atoms with Crippen molar-refractivity contribution in [2.45, 2.75) is 23.8 Å². The molecule has 3 aromatic rings. The van der Waals surface area contributed by atoms with Crippen LogP contribution in [0.5, 0.6) is 0 Å². The molecule has 1 unspecified atom stereocenters. The zero-order valence-electron chi connectivity index (χ0n) is 18.0. The summed E-state index contributed by atoms with van der Waals surface area (Å²) >= 11 is 3.32. The predicted molar refractivity (Wildman–Crippen MR) is 131 cm³/mol. The van der Waals surface area contributed by atoms with E-state index in [1.165, 1.54) is 9.80 Å². The van der Waals surface area contributed by atoms with Gasteiger partial charge in [-0.25, -0.2) is 4.99 Å². The summed E-state index contributed by atoms with van der Waals surface area (Å²) in [5.74, 6) is 0.732. The lowest BCUT2D eigenvalue weighted by atomic mass is 9.80. The summed E-state index contributed by atoms with van der Waals surface area (Å²) in [5, 5.41) is 11.3. The van der Waals surface area contributed by atoms with Crippen molar-refractivity contribution in [1.29, 1.82) is 5.26 Å². The maximum absolute atomic E-state index is 13.3. The first-order valence-electron chi connectivity index (χ1n) is 10.3. The number of rotatable bonds is 6. The lowest BCUT2D eigenvalue weighted by Gasteiger charge is -2.39. The van der Waals surface area contributed by atoms with Gasteiger partial charge in [0.05, 0.1) is 17.6 Å². The molecule has 0 aliphatic carbocycles. The van der Waals surface area contributed by atoms with E-state index in [1.54, 1.807) is 36.2 Å². The summed E-state index contributed by atoms with van der Waals surface area (Å²) in [7, 11) is 1.69. The monoisotopic (exact) mass is 460 g/mol. The fraction of sp³-hybridized carbons (Fsp3) is 0.240. The molecule has 1 aliphatic heterocycles. The summed E-state index contributed by atoms with van der Waals surface area (Å²) < 4.78 is 0. The van der Waals surface area contributed by atoms with Crippen LogP contribution in [0.3, 0.4) is 0 Å². The molecule has 0 saturated heterocycles. The van der Waals surface area contributed by atoms with Crippen molar-refractivity contribution in [3.05, 3.63) is 76.5 Å². The Morgan fingerprint density at radius 3 is 2.72 bits per heavy atom. The third-order valence-electron chi connectivity index (χ3n) is 5.84. The Balaban J connectivity index is 1.63. The Morgan fingerprint density at radius 1 is 1.19 bits per heavy atom. The molecule has 4 rings (SSSR count). The molecule has 162 valence electrons. The van der Waals surface area contributed by atoms with Crippen LogP contribution in [0.4, 0.5) is 0 Å². The summed E-state index contributed by atoms with van der Waals surface area (Å²) in [4.78, 5) is 21.7. The zero-order valence-corrected chi connectivity index (χ0v) is 19.6. The van der Waals surface area contributed by atoms with Crippen LogP contribution in [0.15, 0.2) is 75.9 Å². The van der Waals surface area contributed by atoms with Crippen molar-refractivity contribution < 1.29 is 4.79 Å². The fourth-order valence-corrected chi connectivity index (χ4v) is 5.96. The van der Waals surface area contributed by atoms with Gasteiger partial charge in [0.15, 0.2) is 5.96 Å². The van der Waals surface area contributed by atoms with Gasteiger partial charge < -0.3 is 5.73 Å². The van der Waals surface area contributed by atoms with Crippen LogP contribution in [0.1, 0.15) is 23.8 Å². The number of thiophene rings is 1. The minimum atomic E-state index is -0.735. The van der Waals surface area contributed by atoms with Crippen molar-refractivity contribution in [3.63, 3.8) is 0 Å². The van der Waals surface area contributed by atoms with Gasteiger partial charge in [-0.3, -0.25) is 9.69 Å². The van der Waals surface area contributed by atoms with Gasteiger partial charge in [-0.05, 0) is 65.9 Å². The molecule has 1 amide bonds. The van der Waals surface area contributed by atoms with Crippen molar-refractivity contribution in [3.8, 4) is 17.2 Å². The number of hydrogen-bond donors (Lipinski definition) is 1. The van der Waals surface area contributed by atoms with Crippen molar-refractivity contribution >= 4 is 35.0 Å². The minimum Gasteiger partial charge on any atom is -0.369 e. The predicted octanol–water partition coefficient (Wildman–Crippen LogP) is 5.09. The first kappa shape index (κ1) is 22.1. The lowest BCUT2D eigenvalue weighted by molar-refractivity contribution is -0.134. The molecule has 0 bridgehead atoms. The molecule has 0 radical (unpaired) electrons. The molecule has 5 nitrogen and oxygen atoms in total. The van der Waals surface area contributed by atoms with E-state index in [9.17, 15) is 10.1 Å². The van der Waals surface area contributed by atoms with E-state index in [0.29, 0.717) is 12.0 Å². The molecule has 0 spiro atoms. The van der Waals surface area contributed by atoms with Gasteiger partial charge in [0.1, 0.15) is 5.54 Å². The van der Waals surface area contributed by atoms with Crippen molar-refractivity contribution in [2.24, 2.45) is 16.6 Å². The number of amides is 1. The smallest absolute Gasteiger partial charge is 0.234 e. The Kier molecular flexibility index (Phi) is 6.35. The summed E-state index contributed by atoms with van der Waals surface area (Å²) in [6.07, 6.45) is 0.688. The van der Waals surface area contributed by atoms with Gasteiger partial charge in [-0.15, -0.1) is 23.1 Å². The van der Waals surface area contributed by atoms with E-state index in [-0.39, 0.29) is 17.8 Å². The highest BCUT2D eigenvalue weighted by Crippen LogP contribution is 2.44. The summed E-state index contributed by atoms with van der Waals surface area (Å²) in [5.41, 5.74) is 8.01. The molecule has 0 saturated carbocycles. The largest absolute Gasteiger partial charge is 0.369 e. The van der Waals surface area contributed by atoms with Gasteiger partial charge in [-0.1, -0.05) is 30.3 Å². The minimum absolute atomic E-state index is 0.00455. The van der Waals surface area contributed by atoms with E-state index in [1.807, 2.05) is 43.3 Å². The fourth-order valence-electron chi connectivity index (χ4n) is 3.94. The first-order valence-corrected chi connectivity index (χ1v) is 12.2. The van der Waals surface area contributed by atoms with Crippen molar-refractivity contribution in [2.75, 3.05) is 12.8 Å². The average molecular weight is 461 g/mol. The molecule has 32 heavy (non-hydrogen) atoms. The van der Waals surface area contributed by atoms with Gasteiger partial charge in [0, 0.05) is 16.8 Å². The second-order valence-corrected chi connectivity index (χ2v) is 9.99. The summed E-state index contributed by atoms with van der Waals surface area (Å²) in [6.45, 7) is 2.00. The second-order valence-electron chi connectivity index (χ2n) is 7.91. The van der Waals surface area contributed by atoms with E-state index in [2.05, 4.69) is 29.6 Å². The second kappa shape index (κ2) is 9.19. The van der Waals surface area contributed by atoms with E-state index in [4.69, 9.17) is 10.7 Å². The molecule has 2 N–H and O–H groups in total. The number of carbonyl (C=O) groups is 1. The summed E-state index contributed by atoms with van der Waals surface area (Å²) in [6, 6.07) is 22.0. The Hall–Kier alpha value is -3.08. The zero-order chi connectivity index (χ0) is 22.7. The van der Waals surface area contributed by atoms with Crippen LogP contribution in [-0.2, 0) is 10.3 Å². The molecule has 1 aliphatic rings. The van der Waals surface area contributed by atoms with Gasteiger partial charge >= 0.3 is 0 Å². The standard InChI is InChI=1S/C25H24N4OS2/c1-25(22-14-19(16-32-22)18-8-6-7-17(13-18)15-26)21(23(30)29(2)24(27)28-25)11-12-31-20-9-4-3-5-10-20/h3-10,13-14,16,21H,11-12H2,1-2H3,(H2,27,28)/t21?,25-/m0/s1. The first-order chi connectivity index (χ1) is 15.4. The Labute approximate surface area is 196 Å². The molecule has 2 atom stereocenters. The molecule has 2 heterocycles. The van der Waals surface area contributed by atoms with Crippen LogP contribution < -0.4 is 5.73 Å².